The Morgan fingerprint density at radius 2 is 1.30 bits per heavy atom. The summed E-state index contributed by atoms with van der Waals surface area (Å²) >= 11 is 3.21. The first-order valence-electron chi connectivity index (χ1n) is 21.6. The van der Waals surface area contributed by atoms with E-state index in [0.29, 0.717) is 35.6 Å². The number of imidazole rings is 1. The fourth-order valence-corrected chi connectivity index (χ4v) is 10.9. The number of amides is 1. The molecule has 8 aromatic rings. The van der Waals surface area contributed by atoms with E-state index in [1.807, 2.05) is 89.5 Å². The first kappa shape index (κ1) is 43.5. The molecular weight excluding hydrogens is 917 g/mol. The predicted octanol–water partition coefficient (Wildman–Crippen LogP) is 10.0. The molecule has 2 aliphatic rings. The van der Waals surface area contributed by atoms with E-state index in [1.165, 1.54) is 28.6 Å². The van der Waals surface area contributed by atoms with Crippen LogP contribution in [0, 0.1) is 0 Å². The van der Waals surface area contributed by atoms with E-state index in [-0.39, 0.29) is 18.4 Å². The van der Waals surface area contributed by atoms with Crippen LogP contribution in [0.4, 0.5) is 5.82 Å². The number of ether oxygens (including phenoxy) is 4. The maximum atomic E-state index is 13.2. The molecule has 1 N–H and O–H groups in total. The Balaban J connectivity index is 0.977. The zero-order valence-corrected chi connectivity index (χ0v) is 38.7. The fourth-order valence-electron chi connectivity index (χ4n) is 9.05. The molecule has 0 bridgehead atoms. The zero-order valence-electron chi connectivity index (χ0n) is 36.1. The van der Waals surface area contributed by atoms with Crippen molar-refractivity contribution in [3.05, 3.63) is 204 Å². The van der Waals surface area contributed by atoms with Gasteiger partial charge in [-0.15, -0.1) is 0 Å². The summed E-state index contributed by atoms with van der Waals surface area (Å²) < 4.78 is 40.9. The van der Waals surface area contributed by atoms with Crippen LogP contribution in [0.3, 0.4) is 0 Å². The van der Waals surface area contributed by atoms with E-state index >= 15 is 0 Å². The third kappa shape index (κ3) is 8.47. The van der Waals surface area contributed by atoms with E-state index in [1.54, 1.807) is 32.7 Å². The second-order valence-corrected chi connectivity index (χ2v) is 18.7. The number of carbonyl (C=O) groups is 1. The third-order valence-corrected chi connectivity index (χ3v) is 14.3. The molecule has 0 radical (unpaired) electrons. The van der Waals surface area contributed by atoms with Crippen molar-refractivity contribution in [2.75, 3.05) is 32.8 Å². The molecule has 330 valence electrons. The van der Waals surface area contributed by atoms with Gasteiger partial charge in [0.2, 0.25) is 0 Å². The van der Waals surface area contributed by atoms with Gasteiger partial charge in [0.15, 0.2) is 0 Å². The molecule has 66 heavy (non-hydrogen) atoms. The summed E-state index contributed by atoms with van der Waals surface area (Å²) in [6.07, 6.45) is 1.82. The molecule has 3 heterocycles. The van der Waals surface area contributed by atoms with Gasteiger partial charge in [-0.25, -0.2) is 0 Å². The van der Waals surface area contributed by atoms with Crippen molar-refractivity contribution in [3.63, 3.8) is 0 Å². The average Bonchev–Trinajstić information content (AvgIpc) is 4.08. The second-order valence-electron chi connectivity index (χ2n) is 15.9. The molecule has 1 saturated heterocycles. The number of hydrogen-bond acceptors (Lipinski definition) is 10. The number of anilines is 1. The molecule has 12 nitrogen and oxygen atoms in total. The Morgan fingerprint density at radius 1 is 0.727 bits per heavy atom. The van der Waals surface area contributed by atoms with E-state index in [9.17, 15) is 4.79 Å². The standard InChI is InChI=1S/C52H44N5O7PSe/c1-59-38-25-21-36(22-26-38)52(35-15-7-4-8-16-35,37-23-27-39(60-2)28-24-37)61-31-46-45(64-65(66)62-30-44-42-19-11-9-17-40(42)41-18-10-12-20-43(41)44)29-47(63-46)57-33-55-48-49(53-32-54-50(48)57)56-51(58)34-13-5-3-6-14-34/h3-28,32-33,44-47H,29-31H2,1-2H3/p+1/t45-,46+,47+/m0/s1. The number of fused-ring (bicyclic) bond motifs is 4. The van der Waals surface area contributed by atoms with E-state index in [2.05, 4.69) is 96.0 Å². The SMILES string of the molecule is COc1ccc(C(OC[C@H]2O[C@@H](n3cnc4c(NC(=O)c5ccccc5)ncnc43)C[C@@H]2O[P+](=[Se])OCC2c3ccccc3-c3ccccc32)(c2ccccc2)c2ccc(OC)cc2)cc1. The molecule has 4 atom stereocenters. The Morgan fingerprint density at radius 3 is 1.92 bits per heavy atom. The van der Waals surface area contributed by atoms with E-state index in [4.69, 9.17) is 28.0 Å². The number of carbonyl (C=O) groups excluding carboxylic acids is 1. The van der Waals surface area contributed by atoms with Crippen molar-refractivity contribution in [3.8, 4) is 22.6 Å². The zero-order chi connectivity index (χ0) is 45.0. The molecule has 10 rings (SSSR count). The number of aromatic nitrogens is 4. The van der Waals surface area contributed by atoms with Gasteiger partial charge in [-0.3, -0.25) is 0 Å². The minimum atomic E-state index is -1.53. The van der Waals surface area contributed by atoms with Gasteiger partial charge in [0.25, 0.3) is 0 Å². The predicted molar refractivity (Wildman–Crippen MR) is 254 cm³/mol. The van der Waals surface area contributed by atoms with Gasteiger partial charge in [-0.2, -0.15) is 0 Å². The molecule has 6 aromatic carbocycles. The molecule has 0 saturated carbocycles. The van der Waals surface area contributed by atoms with Crippen LogP contribution >= 0.6 is 6.62 Å². The van der Waals surface area contributed by atoms with Gasteiger partial charge in [-0.05, 0) is 12.1 Å². The number of hydrogen-bond donors (Lipinski definition) is 1. The number of nitrogens with one attached hydrogen (secondary N) is 1. The molecule has 1 aliphatic heterocycles. The van der Waals surface area contributed by atoms with Crippen LogP contribution in [0.25, 0.3) is 22.3 Å². The molecular formula is C52H45N5O7PSe+. The molecule has 2 aromatic heterocycles. The maximum absolute atomic E-state index is 13.2. The molecule has 0 spiro atoms. The van der Waals surface area contributed by atoms with Crippen LogP contribution in [0.5, 0.6) is 11.5 Å². The Bertz CT molecular complexity index is 2900. The summed E-state index contributed by atoms with van der Waals surface area (Å²) in [6, 6.07) is 52.0. The summed E-state index contributed by atoms with van der Waals surface area (Å²) in [6.45, 7) is -0.990. The first-order valence-corrected chi connectivity index (χ1v) is 25.0. The van der Waals surface area contributed by atoms with Crippen LogP contribution in [0.2, 0.25) is 0 Å². The Hall–Kier alpha value is -6.40. The first-order chi connectivity index (χ1) is 32.4. The van der Waals surface area contributed by atoms with Crippen LogP contribution in [0.15, 0.2) is 170 Å². The van der Waals surface area contributed by atoms with Gasteiger partial charge >= 0.3 is 348 Å². The molecule has 14 heteroatoms. The van der Waals surface area contributed by atoms with E-state index < -0.39 is 30.7 Å². The monoisotopic (exact) mass is 962 g/mol. The van der Waals surface area contributed by atoms with Crippen LogP contribution in [0.1, 0.15) is 56.7 Å². The summed E-state index contributed by atoms with van der Waals surface area (Å²) in [5.74, 6) is 1.49. The van der Waals surface area contributed by atoms with E-state index in [0.717, 1.165) is 28.2 Å². The van der Waals surface area contributed by atoms with Crippen LogP contribution in [-0.4, -0.2) is 80.2 Å². The quantitative estimate of drug-likeness (QED) is 0.0568. The average molecular weight is 962 g/mol. The van der Waals surface area contributed by atoms with Gasteiger partial charge < -0.3 is 0 Å². The number of benzene rings is 6. The number of nitrogens with zero attached hydrogens (tertiary/aromatic N) is 4. The topological polar surface area (TPSA) is 128 Å². The van der Waals surface area contributed by atoms with Gasteiger partial charge in [0.1, 0.15) is 0 Å². The summed E-state index contributed by atoms with van der Waals surface area (Å²) in [4.78, 5) is 26.9. The van der Waals surface area contributed by atoms with Gasteiger partial charge in [0.05, 0.1) is 14.2 Å². The van der Waals surface area contributed by atoms with Gasteiger partial charge in [0, 0.05) is 0 Å². The summed E-state index contributed by atoms with van der Waals surface area (Å²) in [5, 5.41) is 2.91. The van der Waals surface area contributed by atoms with Crippen molar-refractivity contribution in [2.45, 2.75) is 36.4 Å². The third-order valence-electron chi connectivity index (χ3n) is 12.3. The molecule has 1 aliphatic carbocycles. The van der Waals surface area contributed by atoms with Crippen LogP contribution in [-0.2, 0) is 24.1 Å². The normalized spacial score (nSPS) is 17.0. The van der Waals surface area contributed by atoms with Crippen molar-refractivity contribution in [1.29, 1.82) is 0 Å². The Kier molecular flexibility index (Phi) is 12.7. The second kappa shape index (κ2) is 19.2. The van der Waals surface area contributed by atoms with Crippen molar-refractivity contribution in [1.82, 2.24) is 19.5 Å². The molecule has 1 unspecified atom stereocenters. The Labute approximate surface area is 390 Å². The summed E-state index contributed by atoms with van der Waals surface area (Å²) in [7, 11) is 3.31. The minimum absolute atomic E-state index is 0.0557. The van der Waals surface area contributed by atoms with Crippen molar-refractivity contribution in [2.24, 2.45) is 0 Å². The van der Waals surface area contributed by atoms with Crippen LogP contribution < -0.4 is 14.8 Å². The van der Waals surface area contributed by atoms with Gasteiger partial charge in [-0.1, -0.05) is 18.2 Å². The van der Waals surface area contributed by atoms with Crippen molar-refractivity contribution >= 4 is 44.6 Å². The number of methoxy groups -OCH3 is 2. The van der Waals surface area contributed by atoms with Crippen molar-refractivity contribution < 1.29 is 32.8 Å². The summed E-state index contributed by atoms with van der Waals surface area (Å²) in [5.41, 5.74) is 7.94. The molecule has 1 fully saturated rings. The number of rotatable bonds is 16. The fraction of sp³-hybridized carbons (Fsp3) is 0.192. The molecule has 1 amide bonds.